The zero-order valence-electron chi connectivity index (χ0n) is 18.0. The van der Waals surface area contributed by atoms with Crippen molar-refractivity contribution in [2.24, 2.45) is 0 Å². The number of aromatic nitrogens is 3. The van der Waals surface area contributed by atoms with Gasteiger partial charge in [-0.05, 0) is 48.2 Å². The summed E-state index contributed by atoms with van der Waals surface area (Å²) in [6.45, 7) is 4.13. The average Bonchev–Trinajstić information content (AvgIpc) is 3.13. The third kappa shape index (κ3) is 4.28. The minimum absolute atomic E-state index is 0.0283. The van der Waals surface area contributed by atoms with Crippen molar-refractivity contribution in [1.82, 2.24) is 20.1 Å². The highest BCUT2D eigenvalue weighted by molar-refractivity contribution is 5.95. The number of carbonyl (C=O) groups is 1. The van der Waals surface area contributed by atoms with Crippen molar-refractivity contribution in [3.8, 4) is 16.9 Å². The summed E-state index contributed by atoms with van der Waals surface area (Å²) < 4.78 is 6.95. The van der Waals surface area contributed by atoms with E-state index in [1.807, 2.05) is 67.6 Å². The van der Waals surface area contributed by atoms with E-state index in [0.29, 0.717) is 5.65 Å². The summed E-state index contributed by atoms with van der Waals surface area (Å²) in [5.41, 5.74) is 4.73. The van der Waals surface area contributed by atoms with Crippen LogP contribution in [0.2, 0.25) is 0 Å². The number of carbonyl (C=O) groups excluding carboxylic acids is 1. The van der Waals surface area contributed by atoms with E-state index in [0.717, 1.165) is 39.9 Å². The average molecular weight is 415 g/mol. The largest absolute Gasteiger partial charge is 0.497 e. The van der Waals surface area contributed by atoms with Crippen molar-refractivity contribution < 1.29 is 9.53 Å². The van der Waals surface area contributed by atoms with E-state index < -0.39 is 0 Å². The molecule has 1 unspecified atom stereocenters. The second-order valence-electron chi connectivity index (χ2n) is 7.47. The van der Waals surface area contributed by atoms with Gasteiger partial charge in [-0.25, -0.2) is 9.67 Å². The molecular weight excluding hydrogens is 388 g/mol. The number of rotatable bonds is 7. The summed E-state index contributed by atoms with van der Waals surface area (Å²) in [7, 11) is 1.65. The van der Waals surface area contributed by atoms with Gasteiger partial charge in [-0.1, -0.05) is 49.4 Å². The minimum atomic E-state index is -0.0863. The Morgan fingerprint density at radius 1 is 1.10 bits per heavy atom. The van der Waals surface area contributed by atoms with Crippen LogP contribution in [0.1, 0.15) is 30.6 Å². The Hall–Kier alpha value is -3.67. The van der Waals surface area contributed by atoms with Crippen molar-refractivity contribution in [3.63, 3.8) is 0 Å². The van der Waals surface area contributed by atoms with E-state index in [9.17, 15) is 4.79 Å². The first-order valence-electron chi connectivity index (χ1n) is 10.4. The van der Waals surface area contributed by atoms with E-state index in [1.54, 1.807) is 18.0 Å². The van der Waals surface area contributed by atoms with Gasteiger partial charge in [0.2, 0.25) is 5.91 Å². The second kappa shape index (κ2) is 9.00. The fourth-order valence-electron chi connectivity index (χ4n) is 3.89. The van der Waals surface area contributed by atoms with Crippen LogP contribution in [0.5, 0.6) is 5.75 Å². The van der Waals surface area contributed by atoms with Crippen LogP contribution < -0.4 is 10.1 Å². The second-order valence-corrected chi connectivity index (χ2v) is 7.47. The van der Waals surface area contributed by atoms with Gasteiger partial charge in [0, 0.05) is 11.6 Å². The zero-order chi connectivity index (χ0) is 21.8. The van der Waals surface area contributed by atoms with Crippen molar-refractivity contribution in [3.05, 3.63) is 78.1 Å². The number of nitrogens with one attached hydrogen (secondary N) is 1. The maximum atomic E-state index is 12.8. The third-order valence-corrected chi connectivity index (χ3v) is 5.45. The number of hydrogen-bond acceptors (Lipinski definition) is 4. The molecule has 31 heavy (non-hydrogen) atoms. The highest BCUT2D eigenvalue weighted by Gasteiger charge is 2.18. The number of hydrogen-bond donors (Lipinski definition) is 1. The number of fused-ring (bicyclic) bond motifs is 1. The molecule has 1 N–H and O–H groups in total. The van der Waals surface area contributed by atoms with E-state index >= 15 is 0 Å². The molecule has 0 aliphatic carbocycles. The first kappa shape index (κ1) is 20.6. The van der Waals surface area contributed by atoms with Crippen LogP contribution in [0.3, 0.4) is 0 Å². The van der Waals surface area contributed by atoms with Crippen LogP contribution in [0.25, 0.3) is 22.2 Å². The van der Waals surface area contributed by atoms with Gasteiger partial charge in [0.05, 0.1) is 18.8 Å². The van der Waals surface area contributed by atoms with Crippen molar-refractivity contribution in [2.45, 2.75) is 32.9 Å². The van der Waals surface area contributed by atoms with E-state index in [1.165, 1.54) is 0 Å². The van der Waals surface area contributed by atoms with Gasteiger partial charge >= 0.3 is 0 Å². The predicted molar refractivity (Wildman–Crippen MR) is 122 cm³/mol. The van der Waals surface area contributed by atoms with Crippen LogP contribution in [-0.2, 0) is 11.3 Å². The summed E-state index contributed by atoms with van der Waals surface area (Å²) >= 11 is 0. The lowest BCUT2D eigenvalue weighted by Crippen LogP contribution is -2.31. The number of benzene rings is 2. The number of pyridine rings is 1. The maximum Gasteiger partial charge on any atom is 0.242 e. The van der Waals surface area contributed by atoms with Gasteiger partial charge in [0.25, 0.3) is 0 Å². The molecule has 4 aromatic rings. The number of ether oxygens (including phenoxy) is 1. The normalized spacial score (nSPS) is 12.0. The molecule has 2 heterocycles. The highest BCUT2D eigenvalue weighted by Crippen LogP contribution is 2.31. The molecule has 0 saturated heterocycles. The third-order valence-electron chi connectivity index (χ3n) is 5.45. The Labute approximate surface area is 181 Å². The Morgan fingerprint density at radius 2 is 1.84 bits per heavy atom. The molecule has 0 fully saturated rings. The maximum absolute atomic E-state index is 12.8. The number of nitrogens with zero attached hydrogens (tertiary/aromatic N) is 3. The van der Waals surface area contributed by atoms with Crippen molar-refractivity contribution in [1.29, 1.82) is 0 Å². The summed E-state index contributed by atoms with van der Waals surface area (Å²) in [4.78, 5) is 17.3. The molecular formula is C25H26N4O2. The van der Waals surface area contributed by atoms with Crippen LogP contribution in [0, 0.1) is 6.92 Å². The smallest absolute Gasteiger partial charge is 0.242 e. The molecule has 1 amide bonds. The van der Waals surface area contributed by atoms with E-state index in [-0.39, 0.29) is 18.5 Å². The fraction of sp³-hybridized carbons (Fsp3) is 0.240. The quantitative estimate of drug-likeness (QED) is 0.477. The highest BCUT2D eigenvalue weighted by atomic mass is 16.5. The molecule has 0 bridgehead atoms. The van der Waals surface area contributed by atoms with Crippen molar-refractivity contribution >= 4 is 16.9 Å². The Morgan fingerprint density at radius 3 is 2.52 bits per heavy atom. The van der Waals surface area contributed by atoms with Gasteiger partial charge in [0.15, 0.2) is 5.65 Å². The molecule has 0 aliphatic heterocycles. The summed E-state index contributed by atoms with van der Waals surface area (Å²) in [6, 6.07) is 19.9. The molecule has 0 aliphatic rings. The fourth-order valence-corrected chi connectivity index (χ4v) is 3.89. The topological polar surface area (TPSA) is 69.0 Å². The molecule has 158 valence electrons. The van der Waals surface area contributed by atoms with E-state index in [4.69, 9.17) is 4.74 Å². The van der Waals surface area contributed by atoms with Gasteiger partial charge in [-0.15, -0.1) is 0 Å². The Bertz CT molecular complexity index is 1180. The SMILES string of the molecule is CCC(NC(=O)Cn1nc(C)c2c(-c3ccc(OC)cc3)ccnc21)c1ccccc1. The molecule has 0 radical (unpaired) electrons. The first-order valence-corrected chi connectivity index (χ1v) is 10.4. The summed E-state index contributed by atoms with van der Waals surface area (Å²) in [6.07, 6.45) is 2.57. The molecule has 6 nitrogen and oxygen atoms in total. The zero-order valence-corrected chi connectivity index (χ0v) is 18.0. The predicted octanol–water partition coefficient (Wildman–Crippen LogP) is 4.68. The Kier molecular flexibility index (Phi) is 5.98. The van der Waals surface area contributed by atoms with E-state index in [2.05, 4.69) is 22.3 Å². The van der Waals surface area contributed by atoms with Gasteiger partial charge in [-0.3, -0.25) is 4.79 Å². The molecule has 1 atom stereocenters. The Balaban J connectivity index is 1.61. The van der Waals surface area contributed by atoms with Crippen LogP contribution >= 0.6 is 0 Å². The number of aryl methyl sites for hydroxylation is 1. The van der Waals surface area contributed by atoms with Crippen LogP contribution in [-0.4, -0.2) is 27.8 Å². The molecule has 2 aromatic carbocycles. The molecule has 6 heteroatoms. The number of amides is 1. The molecule has 0 spiro atoms. The minimum Gasteiger partial charge on any atom is -0.497 e. The lowest BCUT2D eigenvalue weighted by Gasteiger charge is -2.17. The van der Waals surface area contributed by atoms with Gasteiger partial charge in [-0.2, -0.15) is 5.10 Å². The molecule has 4 rings (SSSR count). The van der Waals surface area contributed by atoms with Crippen molar-refractivity contribution in [2.75, 3.05) is 7.11 Å². The van der Waals surface area contributed by atoms with Crippen LogP contribution in [0.15, 0.2) is 66.9 Å². The molecule has 2 aromatic heterocycles. The van der Waals surface area contributed by atoms with Gasteiger partial charge < -0.3 is 10.1 Å². The first-order chi connectivity index (χ1) is 15.1. The summed E-state index contributed by atoms with van der Waals surface area (Å²) in [5, 5.41) is 8.70. The number of methoxy groups -OCH3 is 1. The molecule has 0 saturated carbocycles. The monoisotopic (exact) mass is 414 g/mol. The van der Waals surface area contributed by atoms with Crippen LogP contribution in [0.4, 0.5) is 0 Å². The standard InChI is InChI=1S/C25H26N4O2/c1-4-22(19-8-6-5-7-9-19)27-23(30)16-29-25-24(17(2)28-29)21(14-15-26-25)18-10-12-20(31-3)13-11-18/h5-15,22H,4,16H2,1-3H3,(H,27,30). The van der Waals surface area contributed by atoms with Gasteiger partial charge in [0.1, 0.15) is 12.3 Å². The lowest BCUT2D eigenvalue weighted by molar-refractivity contribution is -0.122. The summed E-state index contributed by atoms with van der Waals surface area (Å²) in [5.74, 6) is 0.721. The lowest BCUT2D eigenvalue weighted by atomic mass is 10.0.